The molecule has 1 aliphatic rings. The van der Waals surface area contributed by atoms with Crippen molar-refractivity contribution in [2.24, 2.45) is 0 Å². The van der Waals surface area contributed by atoms with Gasteiger partial charge >= 0.3 is 0 Å². The number of nitrogens with zero attached hydrogens (tertiary/aromatic N) is 4. The second-order valence-electron chi connectivity index (χ2n) is 10.8. The molecule has 3 N–H and O–H groups in total. The summed E-state index contributed by atoms with van der Waals surface area (Å²) in [6.07, 6.45) is 0.415. The summed E-state index contributed by atoms with van der Waals surface area (Å²) in [5.41, 5.74) is 4.51. The standard InChI is InChI=1S/C31H35N5O4S/c1-19(2)33-31-34-25(18-41-31)27-24-8-5-4-7-22(24)13-16-35(27)30(40)29(39)28(38)26(37)17-20(3)21-9-11-23(12-10-21)36-15-6-14-32-36/h4-12,14-15,18-20,27-29,38-39H,13,16-17H2,1-3H3,(H,33,34)/t20-,27+,28-,29+/m0/s1. The number of rotatable bonds is 10. The van der Waals surface area contributed by atoms with E-state index in [9.17, 15) is 19.8 Å². The first kappa shape index (κ1) is 28.7. The normalized spacial score (nSPS) is 17.1. The second-order valence-corrected chi connectivity index (χ2v) is 11.6. The van der Waals surface area contributed by atoms with E-state index in [1.807, 2.05) is 86.9 Å². The van der Waals surface area contributed by atoms with E-state index in [1.54, 1.807) is 10.9 Å². The lowest BCUT2D eigenvalue weighted by Crippen LogP contribution is -2.51. The third-order valence-corrected chi connectivity index (χ3v) is 8.19. The number of hydrogen-bond acceptors (Lipinski definition) is 8. The third-order valence-electron chi connectivity index (χ3n) is 7.40. The van der Waals surface area contributed by atoms with Crippen LogP contribution in [0.1, 0.15) is 61.5 Å². The quantitative estimate of drug-likeness (QED) is 0.261. The predicted octanol–water partition coefficient (Wildman–Crippen LogP) is 4.11. The number of thiazole rings is 1. The molecule has 0 unspecified atom stereocenters. The first-order valence-electron chi connectivity index (χ1n) is 13.8. The average molecular weight is 574 g/mol. The largest absolute Gasteiger partial charge is 0.382 e. The number of carbonyl (C=O) groups is 2. The van der Waals surface area contributed by atoms with E-state index in [-0.39, 0.29) is 18.4 Å². The van der Waals surface area contributed by atoms with Crippen molar-refractivity contribution < 1.29 is 19.8 Å². The average Bonchev–Trinajstić information content (AvgIpc) is 3.68. The van der Waals surface area contributed by atoms with Gasteiger partial charge in [0, 0.05) is 36.8 Å². The maximum atomic E-state index is 13.6. The van der Waals surface area contributed by atoms with Crippen LogP contribution >= 0.6 is 11.3 Å². The SMILES string of the molecule is CC(C)Nc1nc([C@H]2c3ccccc3CCN2C(=O)[C@H](O)[C@@H](O)C(=O)C[C@H](C)c2ccc(-n3cccn3)cc2)cs1. The molecule has 10 heteroatoms. The lowest BCUT2D eigenvalue weighted by Gasteiger charge is -2.38. The van der Waals surface area contributed by atoms with Gasteiger partial charge in [0.1, 0.15) is 12.1 Å². The molecule has 0 saturated carbocycles. The fraction of sp³-hybridized carbons (Fsp3) is 0.355. The zero-order valence-electron chi connectivity index (χ0n) is 23.3. The van der Waals surface area contributed by atoms with Crippen LogP contribution in [-0.2, 0) is 16.0 Å². The van der Waals surface area contributed by atoms with E-state index in [4.69, 9.17) is 4.98 Å². The number of aromatic nitrogens is 3. The molecular formula is C31H35N5O4S. The van der Waals surface area contributed by atoms with Crippen molar-refractivity contribution in [3.05, 3.63) is 94.8 Å². The molecule has 9 nitrogen and oxygen atoms in total. The molecule has 0 bridgehead atoms. The summed E-state index contributed by atoms with van der Waals surface area (Å²) >= 11 is 1.45. The highest BCUT2D eigenvalue weighted by molar-refractivity contribution is 7.13. The minimum Gasteiger partial charge on any atom is -0.382 e. The van der Waals surface area contributed by atoms with E-state index in [2.05, 4.69) is 10.4 Å². The first-order chi connectivity index (χ1) is 19.7. The van der Waals surface area contributed by atoms with Crippen LogP contribution in [-0.4, -0.2) is 66.4 Å². The van der Waals surface area contributed by atoms with E-state index >= 15 is 0 Å². The van der Waals surface area contributed by atoms with E-state index in [0.717, 1.165) is 27.5 Å². The van der Waals surface area contributed by atoms with Gasteiger partial charge in [-0.2, -0.15) is 5.10 Å². The number of anilines is 1. The molecule has 41 heavy (non-hydrogen) atoms. The second kappa shape index (κ2) is 12.3. The molecule has 2 aromatic carbocycles. The Balaban J connectivity index is 1.30. The number of benzene rings is 2. The van der Waals surface area contributed by atoms with Gasteiger partial charge in [0.2, 0.25) is 0 Å². The predicted molar refractivity (Wildman–Crippen MR) is 158 cm³/mol. The molecule has 1 amide bonds. The number of nitrogens with one attached hydrogen (secondary N) is 1. The minimum atomic E-state index is -1.88. The highest BCUT2D eigenvalue weighted by Gasteiger charge is 2.40. The maximum absolute atomic E-state index is 13.6. The first-order valence-corrected chi connectivity index (χ1v) is 14.7. The molecule has 0 spiro atoms. The molecule has 0 radical (unpaired) electrons. The summed E-state index contributed by atoms with van der Waals surface area (Å²) in [7, 11) is 0. The molecule has 4 atom stereocenters. The number of Topliss-reactive ketones (excluding diaryl/α,β-unsaturated/α-hetero) is 1. The summed E-state index contributed by atoms with van der Waals surface area (Å²) in [4.78, 5) is 33.0. The maximum Gasteiger partial charge on any atom is 0.255 e. The fourth-order valence-electron chi connectivity index (χ4n) is 5.25. The smallest absolute Gasteiger partial charge is 0.255 e. The van der Waals surface area contributed by atoms with Gasteiger partial charge in [-0.25, -0.2) is 9.67 Å². The Bertz CT molecular complexity index is 1480. The summed E-state index contributed by atoms with van der Waals surface area (Å²) in [5, 5.41) is 32.0. The Morgan fingerprint density at radius 2 is 1.80 bits per heavy atom. The van der Waals surface area contributed by atoms with Crippen LogP contribution in [0.25, 0.3) is 5.69 Å². The Kier molecular flexibility index (Phi) is 8.63. The van der Waals surface area contributed by atoms with Crippen LogP contribution in [0.3, 0.4) is 0 Å². The number of amides is 1. The van der Waals surface area contributed by atoms with Gasteiger partial charge in [-0.1, -0.05) is 43.3 Å². The number of ketones is 1. The molecule has 0 aliphatic carbocycles. The zero-order valence-corrected chi connectivity index (χ0v) is 24.2. The minimum absolute atomic E-state index is 0.0186. The highest BCUT2D eigenvalue weighted by Crippen LogP contribution is 2.37. The number of carbonyl (C=O) groups excluding carboxylic acids is 2. The molecule has 1 aliphatic heterocycles. The molecule has 3 heterocycles. The monoisotopic (exact) mass is 573 g/mol. The molecule has 5 rings (SSSR count). The molecular weight excluding hydrogens is 538 g/mol. The van der Waals surface area contributed by atoms with Crippen LogP contribution < -0.4 is 5.32 Å². The highest BCUT2D eigenvalue weighted by atomic mass is 32.1. The molecule has 4 aromatic rings. The Morgan fingerprint density at radius 1 is 1.05 bits per heavy atom. The van der Waals surface area contributed by atoms with Crippen molar-refractivity contribution in [1.29, 1.82) is 0 Å². The van der Waals surface area contributed by atoms with Gasteiger partial charge in [-0.15, -0.1) is 11.3 Å². The molecule has 2 aromatic heterocycles. The van der Waals surface area contributed by atoms with Crippen molar-refractivity contribution in [3.63, 3.8) is 0 Å². The van der Waals surface area contributed by atoms with Gasteiger partial charge in [0.05, 0.1) is 11.4 Å². The van der Waals surface area contributed by atoms with E-state index < -0.39 is 29.9 Å². The third kappa shape index (κ3) is 6.24. The van der Waals surface area contributed by atoms with Crippen molar-refractivity contribution >= 4 is 28.2 Å². The number of aliphatic hydroxyl groups excluding tert-OH is 2. The summed E-state index contributed by atoms with van der Waals surface area (Å²) in [6.45, 7) is 6.27. The lowest BCUT2D eigenvalue weighted by atomic mass is 9.89. The van der Waals surface area contributed by atoms with Crippen molar-refractivity contribution in [3.8, 4) is 5.69 Å². The van der Waals surface area contributed by atoms with E-state index in [0.29, 0.717) is 18.7 Å². The van der Waals surface area contributed by atoms with E-state index in [1.165, 1.54) is 16.2 Å². The summed E-state index contributed by atoms with van der Waals surface area (Å²) in [6, 6.07) is 17.0. The van der Waals surface area contributed by atoms with Crippen molar-refractivity contribution in [2.45, 2.75) is 63.8 Å². The molecule has 214 valence electrons. The number of hydrogen-bond donors (Lipinski definition) is 3. The van der Waals surface area contributed by atoms with Crippen molar-refractivity contribution in [1.82, 2.24) is 19.7 Å². The van der Waals surface area contributed by atoms with Gasteiger partial charge in [-0.3, -0.25) is 9.59 Å². The van der Waals surface area contributed by atoms with Gasteiger partial charge in [0.25, 0.3) is 5.91 Å². The Labute approximate surface area is 243 Å². The number of fused-ring (bicyclic) bond motifs is 1. The summed E-state index contributed by atoms with van der Waals surface area (Å²) in [5.74, 6) is -1.49. The van der Waals surface area contributed by atoms with Crippen LogP contribution in [0.5, 0.6) is 0 Å². The van der Waals surface area contributed by atoms with Crippen molar-refractivity contribution in [2.75, 3.05) is 11.9 Å². The zero-order chi connectivity index (χ0) is 29.1. The number of aliphatic hydroxyl groups is 2. The van der Waals surface area contributed by atoms with Gasteiger partial charge in [0.15, 0.2) is 17.0 Å². The van der Waals surface area contributed by atoms with Gasteiger partial charge in [-0.05, 0) is 61.1 Å². The van der Waals surface area contributed by atoms with Crippen LogP contribution in [0, 0.1) is 0 Å². The molecule has 0 fully saturated rings. The molecule has 0 saturated heterocycles. The summed E-state index contributed by atoms with van der Waals surface area (Å²) < 4.78 is 1.74. The fourth-order valence-corrected chi connectivity index (χ4v) is 6.12. The van der Waals surface area contributed by atoms with Crippen LogP contribution in [0.15, 0.2) is 72.4 Å². The topological polar surface area (TPSA) is 121 Å². The van der Waals surface area contributed by atoms with Crippen LogP contribution in [0.4, 0.5) is 5.13 Å². The Hall–Kier alpha value is -3.86. The Morgan fingerprint density at radius 3 is 2.51 bits per heavy atom. The van der Waals surface area contributed by atoms with Gasteiger partial charge < -0.3 is 20.4 Å². The van der Waals surface area contributed by atoms with Crippen LogP contribution in [0.2, 0.25) is 0 Å². The lowest BCUT2D eigenvalue weighted by molar-refractivity contribution is -0.154.